The smallest absolute Gasteiger partial charge is 0.407 e. The van der Waals surface area contributed by atoms with E-state index in [4.69, 9.17) is 4.74 Å². The third-order valence-corrected chi connectivity index (χ3v) is 4.49. The van der Waals surface area contributed by atoms with E-state index in [2.05, 4.69) is 51.3 Å². The number of rotatable bonds is 6. The SMILES string of the molecule is CCOC(=O)NC[C@@H](c1ccc(N(C)C)cc1)N1CCN(C)CC1. The van der Waals surface area contributed by atoms with Gasteiger partial charge in [-0.15, -0.1) is 0 Å². The summed E-state index contributed by atoms with van der Waals surface area (Å²) in [6.07, 6.45) is -0.346. The molecule has 2 rings (SSSR count). The Bertz CT molecular complexity index is 510. The van der Waals surface area contributed by atoms with Crippen LogP contribution in [0.4, 0.5) is 10.5 Å². The van der Waals surface area contributed by atoms with Gasteiger partial charge in [0.1, 0.15) is 0 Å². The molecule has 1 aliphatic rings. The van der Waals surface area contributed by atoms with Crippen molar-refractivity contribution < 1.29 is 9.53 Å². The van der Waals surface area contributed by atoms with Crippen LogP contribution in [0.3, 0.4) is 0 Å². The third kappa shape index (κ3) is 5.11. The average molecular weight is 334 g/mol. The summed E-state index contributed by atoms with van der Waals surface area (Å²) < 4.78 is 5.00. The lowest BCUT2D eigenvalue weighted by Gasteiger charge is -2.38. The fourth-order valence-corrected chi connectivity index (χ4v) is 2.95. The molecule has 0 saturated carbocycles. The molecule has 1 fully saturated rings. The number of nitrogens with zero attached hydrogens (tertiary/aromatic N) is 3. The molecule has 1 atom stereocenters. The first kappa shape index (κ1) is 18.5. The second-order valence-electron chi connectivity index (χ2n) is 6.44. The minimum Gasteiger partial charge on any atom is -0.450 e. The highest BCUT2D eigenvalue weighted by atomic mass is 16.5. The van der Waals surface area contributed by atoms with Gasteiger partial charge in [-0.25, -0.2) is 4.79 Å². The van der Waals surface area contributed by atoms with E-state index < -0.39 is 0 Å². The molecule has 1 heterocycles. The first-order valence-electron chi connectivity index (χ1n) is 8.61. The van der Waals surface area contributed by atoms with Crippen molar-refractivity contribution in [1.29, 1.82) is 0 Å². The summed E-state index contributed by atoms with van der Waals surface area (Å²) in [5.41, 5.74) is 2.40. The molecule has 6 heteroatoms. The van der Waals surface area contributed by atoms with Gasteiger partial charge in [0.05, 0.1) is 12.6 Å². The normalized spacial score (nSPS) is 17.3. The number of amides is 1. The maximum Gasteiger partial charge on any atom is 0.407 e. The molecule has 0 bridgehead atoms. The Labute approximate surface area is 145 Å². The maximum absolute atomic E-state index is 11.7. The molecule has 0 aromatic heterocycles. The molecule has 1 N–H and O–H groups in total. The fourth-order valence-electron chi connectivity index (χ4n) is 2.95. The number of hydrogen-bond acceptors (Lipinski definition) is 5. The van der Waals surface area contributed by atoms with Gasteiger partial charge in [-0.3, -0.25) is 4.90 Å². The number of alkyl carbamates (subject to hydrolysis) is 1. The van der Waals surface area contributed by atoms with E-state index in [1.54, 1.807) is 0 Å². The number of nitrogens with one attached hydrogen (secondary N) is 1. The van der Waals surface area contributed by atoms with Crippen LogP contribution in [0.2, 0.25) is 0 Å². The summed E-state index contributed by atoms with van der Waals surface area (Å²) >= 11 is 0. The molecule has 0 spiro atoms. The van der Waals surface area contributed by atoms with E-state index in [1.165, 1.54) is 11.3 Å². The lowest BCUT2D eigenvalue weighted by molar-refractivity contribution is 0.105. The van der Waals surface area contributed by atoms with E-state index in [0.717, 1.165) is 26.2 Å². The molecule has 6 nitrogen and oxygen atoms in total. The average Bonchev–Trinajstić information content (AvgIpc) is 2.57. The monoisotopic (exact) mass is 334 g/mol. The molecule has 1 amide bonds. The zero-order valence-corrected chi connectivity index (χ0v) is 15.3. The van der Waals surface area contributed by atoms with Gasteiger partial charge in [0.25, 0.3) is 0 Å². The molecule has 24 heavy (non-hydrogen) atoms. The summed E-state index contributed by atoms with van der Waals surface area (Å²) in [5.74, 6) is 0. The van der Waals surface area contributed by atoms with Crippen molar-refractivity contribution in [2.45, 2.75) is 13.0 Å². The zero-order chi connectivity index (χ0) is 17.5. The van der Waals surface area contributed by atoms with Gasteiger partial charge in [-0.2, -0.15) is 0 Å². The summed E-state index contributed by atoms with van der Waals surface area (Å²) in [6, 6.07) is 8.74. The predicted octanol–water partition coefficient (Wildman–Crippen LogP) is 1.79. The fraction of sp³-hybridized carbons (Fsp3) is 0.611. The van der Waals surface area contributed by atoms with Gasteiger partial charge >= 0.3 is 6.09 Å². The number of anilines is 1. The van der Waals surface area contributed by atoms with Gasteiger partial charge in [0, 0.05) is 52.5 Å². The van der Waals surface area contributed by atoms with Crippen LogP contribution in [0.15, 0.2) is 24.3 Å². The minimum atomic E-state index is -0.346. The Morgan fingerprint density at radius 1 is 1.21 bits per heavy atom. The van der Waals surface area contributed by atoms with Gasteiger partial charge in [0.15, 0.2) is 0 Å². The van der Waals surface area contributed by atoms with Crippen LogP contribution < -0.4 is 10.2 Å². The molecule has 0 aliphatic carbocycles. The van der Waals surface area contributed by atoms with Crippen LogP contribution in [0, 0.1) is 0 Å². The van der Waals surface area contributed by atoms with Crippen LogP contribution in [-0.2, 0) is 4.74 Å². The molecule has 1 aliphatic heterocycles. The number of carbonyl (C=O) groups excluding carboxylic acids is 1. The van der Waals surface area contributed by atoms with E-state index >= 15 is 0 Å². The highest BCUT2D eigenvalue weighted by molar-refractivity contribution is 5.67. The van der Waals surface area contributed by atoms with E-state index in [9.17, 15) is 4.79 Å². The van der Waals surface area contributed by atoms with Crippen LogP contribution >= 0.6 is 0 Å². The van der Waals surface area contributed by atoms with Gasteiger partial charge in [-0.1, -0.05) is 12.1 Å². The number of carbonyl (C=O) groups is 1. The lowest BCUT2D eigenvalue weighted by atomic mass is 10.0. The molecule has 1 saturated heterocycles. The molecule has 1 aromatic carbocycles. The Balaban J connectivity index is 2.10. The Morgan fingerprint density at radius 3 is 2.38 bits per heavy atom. The largest absolute Gasteiger partial charge is 0.450 e. The number of ether oxygens (including phenoxy) is 1. The second-order valence-corrected chi connectivity index (χ2v) is 6.44. The third-order valence-electron chi connectivity index (χ3n) is 4.49. The van der Waals surface area contributed by atoms with E-state index in [1.807, 2.05) is 21.0 Å². The quantitative estimate of drug-likeness (QED) is 0.859. The molecule has 0 radical (unpaired) electrons. The Hall–Kier alpha value is -1.79. The predicted molar refractivity (Wildman–Crippen MR) is 97.6 cm³/mol. The van der Waals surface area contributed by atoms with Crippen molar-refractivity contribution in [1.82, 2.24) is 15.1 Å². The maximum atomic E-state index is 11.7. The molecular weight excluding hydrogens is 304 g/mol. The number of benzene rings is 1. The van der Waals surface area contributed by atoms with Crippen molar-refractivity contribution in [2.24, 2.45) is 0 Å². The Morgan fingerprint density at radius 2 is 1.83 bits per heavy atom. The number of piperazine rings is 1. The lowest BCUT2D eigenvalue weighted by Crippen LogP contribution is -2.48. The number of likely N-dealkylation sites (N-methyl/N-ethyl adjacent to an activating group) is 1. The molecule has 134 valence electrons. The molecule has 0 unspecified atom stereocenters. The standard InChI is InChI=1S/C18H30N4O2/c1-5-24-18(23)19-14-17(22-12-10-21(4)11-13-22)15-6-8-16(9-7-15)20(2)3/h6-9,17H,5,10-14H2,1-4H3,(H,19,23)/t17-/m0/s1. The van der Waals surface area contributed by atoms with Crippen LogP contribution in [0.25, 0.3) is 0 Å². The van der Waals surface area contributed by atoms with Gasteiger partial charge in [0.2, 0.25) is 0 Å². The summed E-state index contributed by atoms with van der Waals surface area (Å²) in [4.78, 5) is 18.6. The van der Waals surface area contributed by atoms with Crippen molar-refractivity contribution >= 4 is 11.8 Å². The second kappa shape index (κ2) is 8.89. The van der Waals surface area contributed by atoms with Crippen molar-refractivity contribution in [2.75, 3.05) is 65.4 Å². The van der Waals surface area contributed by atoms with Crippen LogP contribution in [-0.4, -0.2) is 76.4 Å². The van der Waals surface area contributed by atoms with Crippen molar-refractivity contribution in [3.63, 3.8) is 0 Å². The first-order chi connectivity index (χ1) is 11.5. The van der Waals surface area contributed by atoms with Gasteiger partial charge < -0.3 is 19.9 Å². The van der Waals surface area contributed by atoms with Crippen LogP contribution in [0.1, 0.15) is 18.5 Å². The number of hydrogen-bond donors (Lipinski definition) is 1. The van der Waals surface area contributed by atoms with Gasteiger partial charge in [-0.05, 0) is 31.7 Å². The summed E-state index contributed by atoms with van der Waals surface area (Å²) in [7, 11) is 6.22. The summed E-state index contributed by atoms with van der Waals surface area (Å²) in [6.45, 7) is 6.86. The molecule has 1 aromatic rings. The van der Waals surface area contributed by atoms with Crippen molar-refractivity contribution in [3.8, 4) is 0 Å². The highest BCUT2D eigenvalue weighted by Crippen LogP contribution is 2.24. The topological polar surface area (TPSA) is 48.1 Å². The molecular formula is C18H30N4O2. The van der Waals surface area contributed by atoms with E-state index in [-0.39, 0.29) is 12.1 Å². The summed E-state index contributed by atoms with van der Waals surface area (Å²) in [5, 5.41) is 2.90. The van der Waals surface area contributed by atoms with E-state index in [0.29, 0.717) is 13.2 Å². The Kier molecular flexibility index (Phi) is 6.87. The zero-order valence-electron chi connectivity index (χ0n) is 15.3. The van der Waals surface area contributed by atoms with Crippen LogP contribution in [0.5, 0.6) is 0 Å². The first-order valence-corrected chi connectivity index (χ1v) is 8.61. The minimum absolute atomic E-state index is 0.166. The highest BCUT2D eigenvalue weighted by Gasteiger charge is 2.24. The van der Waals surface area contributed by atoms with Crippen molar-refractivity contribution in [3.05, 3.63) is 29.8 Å².